The van der Waals surface area contributed by atoms with E-state index in [1.165, 1.54) is 27.9 Å². The first kappa shape index (κ1) is 25.2. The molecule has 3 aliphatic rings. The van der Waals surface area contributed by atoms with Crippen LogP contribution in [-0.4, -0.2) is 39.1 Å². The minimum absolute atomic E-state index is 0.135. The van der Waals surface area contributed by atoms with Crippen LogP contribution in [0.4, 0.5) is 11.4 Å². The fraction of sp³-hybridized carbons (Fsp3) is 0.467. The molecule has 6 rings (SSSR count). The van der Waals surface area contributed by atoms with Crippen molar-refractivity contribution in [1.29, 1.82) is 0 Å². The van der Waals surface area contributed by atoms with Gasteiger partial charge in [-0.05, 0) is 93.4 Å². The minimum atomic E-state index is -0.256. The highest BCUT2D eigenvalue weighted by molar-refractivity contribution is 7.98. The van der Waals surface area contributed by atoms with E-state index in [2.05, 4.69) is 82.7 Å². The van der Waals surface area contributed by atoms with Gasteiger partial charge >= 0.3 is 0 Å². The molecule has 0 radical (unpaired) electrons. The van der Waals surface area contributed by atoms with E-state index < -0.39 is 0 Å². The van der Waals surface area contributed by atoms with Crippen molar-refractivity contribution in [2.75, 3.05) is 44.0 Å². The number of nitrogens with zero attached hydrogens (tertiary/aromatic N) is 5. The fourth-order valence-corrected chi connectivity index (χ4v) is 8.39. The van der Waals surface area contributed by atoms with Crippen molar-refractivity contribution >= 4 is 33.9 Å². The van der Waals surface area contributed by atoms with Crippen LogP contribution in [0.15, 0.2) is 57.7 Å². The number of azide groups is 1. The van der Waals surface area contributed by atoms with Crippen molar-refractivity contribution in [3.8, 4) is 11.1 Å². The van der Waals surface area contributed by atoms with E-state index in [0.717, 1.165) is 48.0 Å². The highest BCUT2D eigenvalue weighted by Crippen LogP contribution is 2.62. The number of rotatable bonds is 5. The lowest BCUT2D eigenvalue weighted by Gasteiger charge is -2.48. The van der Waals surface area contributed by atoms with Gasteiger partial charge in [0.2, 0.25) is 0 Å². The van der Waals surface area contributed by atoms with Gasteiger partial charge in [0.15, 0.2) is 0 Å². The Labute approximate surface area is 227 Å². The number of hydrogen-bond donors (Lipinski definition) is 0. The molecule has 1 spiro atoms. The minimum Gasteiger partial charge on any atom is -0.378 e. The molecule has 2 aliphatic carbocycles. The second-order valence-electron chi connectivity index (χ2n) is 11.6. The Morgan fingerprint density at radius 3 is 2.66 bits per heavy atom. The van der Waals surface area contributed by atoms with Crippen LogP contribution in [-0.2, 0) is 10.2 Å². The topological polar surface area (TPSA) is 90.7 Å². The molecule has 2 fully saturated rings. The van der Waals surface area contributed by atoms with Gasteiger partial charge in [-0.25, -0.2) is 0 Å². The van der Waals surface area contributed by atoms with E-state index >= 15 is 0 Å². The maximum absolute atomic E-state index is 12.3. The van der Waals surface area contributed by atoms with Crippen molar-refractivity contribution < 1.29 is 4.74 Å². The lowest BCUT2D eigenvalue weighted by Crippen LogP contribution is -2.42. The van der Waals surface area contributed by atoms with E-state index in [4.69, 9.17) is 10.3 Å². The summed E-state index contributed by atoms with van der Waals surface area (Å²) >= 11 is 1.71. The standard InChI is InChI=1S/C30H33N5O2S/c1-19-15-29(2,18-32-34-31)17-30(16-19)23-7-5-4-6-20(23)28-22-12-26(35-8-10-37-11-9-35)27(38-3)13-21(22)25(33-36)14-24(28)30/h4-7,12-14,19H,8-11,15-18H2,1-3H3. The molecule has 196 valence electrons. The fourth-order valence-electron chi connectivity index (χ4n) is 7.75. The second kappa shape index (κ2) is 9.60. The monoisotopic (exact) mass is 527 g/mol. The van der Waals surface area contributed by atoms with Gasteiger partial charge in [-0.3, -0.25) is 0 Å². The first-order valence-corrected chi connectivity index (χ1v) is 14.6. The van der Waals surface area contributed by atoms with Crippen molar-refractivity contribution in [2.24, 2.45) is 21.6 Å². The molecule has 3 aromatic rings. The Kier molecular flexibility index (Phi) is 6.37. The number of anilines is 1. The number of benzene rings is 3. The zero-order chi connectivity index (χ0) is 26.5. The SMILES string of the molecule is CSc1cc2c(N=O)cc3c(c2cc1N1CCOCC1)-c1ccccc1C31CC(C)CC(C)(CN=[N+]=[N-])C1. The highest BCUT2D eigenvalue weighted by Gasteiger charge is 2.51. The zero-order valence-electron chi connectivity index (χ0n) is 22.2. The number of morpholine rings is 1. The van der Waals surface area contributed by atoms with Gasteiger partial charge < -0.3 is 9.64 Å². The summed E-state index contributed by atoms with van der Waals surface area (Å²) < 4.78 is 5.64. The summed E-state index contributed by atoms with van der Waals surface area (Å²) in [5, 5.41) is 9.61. The maximum Gasteiger partial charge on any atom is 0.116 e. The second-order valence-corrected chi connectivity index (χ2v) is 12.4. The lowest BCUT2D eigenvalue weighted by molar-refractivity contribution is 0.119. The molecule has 0 bridgehead atoms. The molecule has 8 heteroatoms. The van der Waals surface area contributed by atoms with Gasteiger partial charge in [0.25, 0.3) is 0 Å². The Morgan fingerprint density at radius 2 is 1.92 bits per heavy atom. The quantitative estimate of drug-likeness (QED) is 0.110. The number of nitroso groups, excluding NO2 is 1. The summed E-state index contributed by atoms with van der Waals surface area (Å²) in [5.41, 5.74) is 15.4. The van der Waals surface area contributed by atoms with Crippen LogP contribution in [0.3, 0.4) is 0 Å². The summed E-state index contributed by atoms with van der Waals surface area (Å²) in [7, 11) is 0. The van der Waals surface area contributed by atoms with Gasteiger partial charge in [0.1, 0.15) is 5.69 Å². The summed E-state index contributed by atoms with van der Waals surface area (Å²) in [6.07, 6.45) is 4.96. The van der Waals surface area contributed by atoms with Gasteiger partial charge in [-0.2, -0.15) is 0 Å². The summed E-state index contributed by atoms with van der Waals surface area (Å²) in [5.74, 6) is 0.438. The van der Waals surface area contributed by atoms with Gasteiger partial charge in [-0.15, -0.1) is 16.7 Å². The molecule has 0 aromatic heterocycles. The van der Waals surface area contributed by atoms with Crippen LogP contribution in [0.25, 0.3) is 32.3 Å². The van der Waals surface area contributed by atoms with E-state index in [-0.39, 0.29) is 10.8 Å². The van der Waals surface area contributed by atoms with Crippen LogP contribution in [0.2, 0.25) is 0 Å². The van der Waals surface area contributed by atoms with Crippen LogP contribution >= 0.6 is 11.8 Å². The van der Waals surface area contributed by atoms with Crippen molar-refractivity contribution in [2.45, 2.75) is 43.4 Å². The third kappa shape index (κ3) is 3.89. The number of thioether (sulfide) groups is 1. The summed E-state index contributed by atoms with van der Waals surface area (Å²) in [6, 6.07) is 15.3. The molecule has 1 saturated heterocycles. The van der Waals surface area contributed by atoms with Crippen LogP contribution in [0.5, 0.6) is 0 Å². The first-order valence-electron chi connectivity index (χ1n) is 13.4. The Balaban J connectivity index is 1.65. The Bertz CT molecular complexity index is 1480. The molecule has 3 unspecified atom stereocenters. The first-order chi connectivity index (χ1) is 18.4. The molecule has 0 amide bonds. The molecule has 1 aliphatic heterocycles. The third-order valence-corrected chi connectivity index (χ3v) is 9.64. The number of fused-ring (bicyclic) bond motifs is 7. The van der Waals surface area contributed by atoms with Crippen molar-refractivity contribution in [1.82, 2.24) is 0 Å². The smallest absolute Gasteiger partial charge is 0.116 e. The molecule has 3 aromatic carbocycles. The van der Waals surface area contributed by atoms with E-state index in [1.54, 1.807) is 11.8 Å². The highest BCUT2D eigenvalue weighted by atomic mass is 32.2. The van der Waals surface area contributed by atoms with Gasteiger partial charge in [-0.1, -0.05) is 43.2 Å². The Morgan fingerprint density at radius 1 is 1.13 bits per heavy atom. The zero-order valence-corrected chi connectivity index (χ0v) is 23.1. The van der Waals surface area contributed by atoms with Crippen molar-refractivity contribution in [3.05, 3.63) is 68.9 Å². The lowest BCUT2D eigenvalue weighted by atomic mass is 9.56. The van der Waals surface area contributed by atoms with E-state index in [1.807, 2.05) is 0 Å². The van der Waals surface area contributed by atoms with E-state index in [0.29, 0.717) is 31.4 Å². The third-order valence-electron chi connectivity index (χ3n) is 8.87. The average molecular weight is 528 g/mol. The molecule has 7 nitrogen and oxygen atoms in total. The molecule has 38 heavy (non-hydrogen) atoms. The summed E-state index contributed by atoms with van der Waals surface area (Å²) in [4.78, 5) is 19.0. The molecule has 1 saturated carbocycles. The van der Waals surface area contributed by atoms with E-state index in [9.17, 15) is 4.91 Å². The molecular formula is C30H33N5O2S. The number of ether oxygens (including phenoxy) is 1. The maximum atomic E-state index is 12.3. The number of hydrogen-bond acceptors (Lipinski definition) is 6. The van der Waals surface area contributed by atoms with Gasteiger partial charge in [0.05, 0.1) is 18.9 Å². The largest absolute Gasteiger partial charge is 0.378 e. The average Bonchev–Trinajstić information content (AvgIpc) is 3.19. The van der Waals surface area contributed by atoms with Gasteiger partial charge in [0, 0.05) is 40.2 Å². The molecule has 0 N–H and O–H groups in total. The predicted molar refractivity (Wildman–Crippen MR) is 156 cm³/mol. The van der Waals surface area contributed by atoms with Crippen LogP contribution in [0, 0.1) is 16.2 Å². The normalized spacial score (nSPS) is 26.2. The Hall–Kier alpha value is -3.06. The van der Waals surface area contributed by atoms with Crippen molar-refractivity contribution in [3.63, 3.8) is 0 Å². The predicted octanol–water partition coefficient (Wildman–Crippen LogP) is 8.20. The molecular weight excluding hydrogens is 494 g/mol. The summed E-state index contributed by atoms with van der Waals surface area (Å²) in [6.45, 7) is 8.15. The van der Waals surface area contributed by atoms with Crippen LogP contribution < -0.4 is 4.90 Å². The van der Waals surface area contributed by atoms with Crippen LogP contribution in [0.1, 0.15) is 44.2 Å². The molecule has 3 atom stereocenters. The molecule has 1 heterocycles.